The Hall–Kier alpha value is -2.96. The Labute approximate surface area is 173 Å². The standard InChI is InChI=1S/C26H26O2P/c1-2-28-26(27)21-13-6-14-22-29(23-15-7-3-8-16-23,24-17-9-4-10-18-24)25-19-11-5-12-20-25/h3-21H,2,22H2,1H3/q+1. The van der Waals surface area contributed by atoms with Crippen molar-refractivity contribution in [3.8, 4) is 0 Å². The van der Waals surface area contributed by atoms with Crippen LogP contribution < -0.4 is 15.9 Å². The van der Waals surface area contributed by atoms with Gasteiger partial charge in [0.15, 0.2) is 0 Å². The van der Waals surface area contributed by atoms with Gasteiger partial charge in [0.25, 0.3) is 0 Å². The largest absolute Gasteiger partial charge is 0.463 e. The van der Waals surface area contributed by atoms with E-state index in [4.69, 9.17) is 4.74 Å². The Morgan fingerprint density at radius 2 is 1.21 bits per heavy atom. The quantitative estimate of drug-likeness (QED) is 0.238. The van der Waals surface area contributed by atoms with Gasteiger partial charge in [-0.15, -0.1) is 0 Å². The third-order valence-electron chi connectivity index (χ3n) is 4.74. The fraction of sp³-hybridized carbons (Fsp3) is 0.115. The molecule has 29 heavy (non-hydrogen) atoms. The van der Waals surface area contributed by atoms with Gasteiger partial charge in [-0.25, -0.2) is 4.79 Å². The first-order valence-corrected chi connectivity index (χ1v) is 11.8. The third kappa shape index (κ3) is 5.10. The highest BCUT2D eigenvalue weighted by atomic mass is 31.2. The summed E-state index contributed by atoms with van der Waals surface area (Å²) >= 11 is 0. The molecule has 0 N–H and O–H groups in total. The van der Waals surface area contributed by atoms with E-state index in [1.165, 1.54) is 22.0 Å². The smallest absolute Gasteiger partial charge is 0.330 e. The van der Waals surface area contributed by atoms with Crippen LogP contribution in [-0.2, 0) is 9.53 Å². The highest BCUT2D eigenvalue weighted by Crippen LogP contribution is 2.55. The van der Waals surface area contributed by atoms with Gasteiger partial charge in [-0.2, -0.15) is 0 Å². The van der Waals surface area contributed by atoms with Crippen LogP contribution in [0, 0.1) is 0 Å². The number of allylic oxidation sites excluding steroid dienone is 3. The van der Waals surface area contributed by atoms with Gasteiger partial charge in [0, 0.05) is 6.08 Å². The van der Waals surface area contributed by atoms with E-state index >= 15 is 0 Å². The van der Waals surface area contributed by atoms with Gasteiger partial charge in [0.2, 0.25) is 0 Å². The van der Waals surface area contributed by atoms with Crippen molar-refractivity contribution < 1.29 is 9.53 Å². The Balaban J connectivity index is 2.04. The lowest BCUT2D eigenvalue weighted by molar-refractivity contribution is -0.137. The molecule has 2 nitrogen and oxygen atoms in total. The van der Waals surface area contributed by atoms with Crippen LogP contribution >= 0.6 is 7.26 Å². The summed E-state index contributed by atoms with van der Waals surface area (Å²) in [5, 5.41) is 4.03. The molecule has 0 aliphatic rings. The van der Waals surface area contributed by atoms with Gasteiger partial charge >= 0.3 is 5.97 Å². The lowest BCUT2D eigenvalue weighted by Crippen LogP contribution is -2.32. The van der Waals surface area contributed by atoms with Crippen molar-refractivity contribution >= 4 is 29.1 Å². The molecule has 0 aliphatic heterocycles. The van der Waals surface area contributed by atoms with E-state index in [1.54, 1.807) is 13.0 Å². The van der Waals surface area contributed by atoms with E-state index in [1.807, 2.05) is 6.08 Å². The molecule has 0 amide bonds. The summed E-state index contributed by atoms with van der Waals surface area (Å²) in [4.78, 5) is 11.5. The molecule has 0 aliphatic carbocycles. The number of hydrogen-bond acceptors (Lipinski definition) is 2. The molecule has 3 heteroatoms. The molecule has 0 aromatic heterocycles. The second kappa shape index (κ2) is 10.5. The van der Waals surface area contributed by atoms with Gasteiger partial charge in [-0.3, -0.25) is 0 Å². The van der Waals surface area contributed by atoms with Gasteiger partial charge in [0.05, 0.1) is 12.8 Å². The zero-order chi connectivity index (χ0) is 20.4. The summed E-state index contributed by atoms with van der Waals surface area (Å²) in [6, 6.07) is 32.2. The van der Waals surface area contributed by atoms with E-state index in [-0.39, 0.29) is 5.97 Å². The van der Waals surface area contributed by atoms with Crippen LogP contribution in [0.25, 0.3) is 0 Å². The molecule has 0 atom stereocenters. The van der Waals surface area contributed by atoms with Crippen molar-refractivity contribution in [3.05, 3.63) is 115 Å². The fourth-order valence-corrected chi connectivity index (χ4v) is 7.44. The van der Waals surface area contributed by atoms with E-state index in [0.717, 1.165) is 6.16 Å². The minimum absolute atomic E-state index is 0.313. The van der Waals surface area contributed by atoms with Crippen LogP contribution in [0.3, 0.4) is 0 Å². The van der Waals surface area contributed by atoms with E-state index in [0.29, 0.717) is 6.61 Å². The molecule has 0 spiro atoms. The Bertz CT molecular complexity index is 851. The SMILES string of the molecule is CCOC(=O)C=CC=CC[P+](c1ccccc1)(c1ccccc1)c1ccccc1. The van der Waals surface area contributed by atoms with E-state index in [9.17, 15) is 4.79 Å². The normalized spacial score (nSPS) is 11.8. The number of carbonyl (C=O) groups excluding carboxylic acids is 1. The summed E-state index contributed by atoms with van der Waals surface area (Å²) in [5.41, 5.74) is 0. The molecule has 3 rings (SSSR count). The summed E-state index contributed by atoms with van der Waals surface area (Å²) in [5.74, 6) is -0.313. The first kappa shape index (κ1) is 20.8. The Morgan fingerprint density at radius 1 is 0.759 bits per heavy atom. The molecular weight excluding hydrogens is 375 g/mol. The monoisotopic (exact) mass is 401 g/mol. The van der Waals surface area contributed by atoms with E-state index in [2.05, 4.69) is 97.1 Å². The van der Waals surface area contributed by atoms with Gasteiger partial charge in [0.1, 0.15) is 23.2 Å². The molecule has 0 unspecified atom stereocenters. The zero-order valence-electron chi connectivity index (χ0n) is 16.6. The number of hydrogen-bond donors (Lipinski definition) is 0. The first-order chi connectivity index (χ1) is 14.3. The minimum Gasteiger partial charge on any atom is -0.463 e. The fourth-order valence-electron chi connectivity index (χ4n) is 3.43. The van der Waals surface area contributed by atoms with Crippen LogP contribution in [-0.4, -0.2) is 18.7 Å². The lowest BCUT2D eigenvalue weighted by Gasteiger charge is -2.26. The maximum absolute atomic E-state index is 11.5. The first-order valence-electron chi connectivity index (χ1n) is 9.82. The van der Waals surface area contributed by atoms with Gasteiger partial charge in [-0.05, 0) is 49.4 Å². The summed E-state index contributed by atoms with van der Waals surface area (Å²) in [7, 11) is -1.87. The van der Waals surface area contributed by atoms with Gasteiger partial charge in [-0.1, -0.05) is 66.7 Å². The molecule has 0 radical (unpaired) electrons. The van der Waals surface area contributed by atoms with Crippen LogP contribution in [0.1, 0.15) is 6.92 Å². The number of benzene rings is 3. The topological polar surface area (TPSA) is 26.3 Å². The average molecular weight is 401 g/mol. The summed E-state index contributed by atoms with van der Waals surface area (Å²) in [6.45, 7) is 2.19. The zero-order valence-corrected chi connectivity index (χ0v) is 17.5. The highest BCUT2D eigenvalue weighted by Gasteiger charge is 2.43. The lowest BCUT2D eigenvalue weighted by atomic mass is 10.4. The van der Waals surface area contributed by atoms with Crippen molar-refractivity contribution in [3.63, 3.8) is 0 Å². The molecule has 3 aromatic rings. The summed E-state index contributed by atoms with van der Waals surface area (Å²) < 4.78 is 4.94. The van der Waals surface area contributed by atoms with Crippen LogP contribution in [0.5, 0.6) is 0 Å². The Morgan fingerprint density at radius 3 is 1.62 bits per heavy atom. The molecule has 3 aromatic carbocycles. The van der Waals surface area contributed by atoms with Crippen molar-refractivity contribution in [2.75, 3.05) is 12.8 Å². The highest BCUT2D eigenvalue weighted by molar-refractivity contribution is 7.95. The van der Waals surface area contributed by atoms with Crippen LogP contribution in [0.15, 0.2) is 115 Å². The minimum atomic E-state index is -1.87. The third-order valence-corrected chi connectivity index (χ3v) is 9.03. The van der Waals surface area contributed by atoms with Crippen LogP contribution in [0.2, 0.25) is 0 Å². The molecule has 0 heterocycles. The number of esters is 1. The van der Waals surface area contributed by atoms with Crippen molar-refractivity contribution in [2.45, 2.75) is 6.92 Å². The molecule has 0 bridgehead atoms. The summed E-state index contributed by atoms with van der Waals surface area (Å²) in [6.07, 6.45) is 8.20. The molecular formula is C26H26O2P+. The maximum Gasteiger partial charge on any atom is 0.330 e. The number of rotatable bonds is 8. The van der Waals surface area contributed by atoms with Crippen molar-refractivity contribution in [1.29, 1.82) is 0 Å². The second-order valence-corrected chi connectivity index (χ2v) is 10.1. The molecule has 0 saturated carbocycles. The van der Waals surface area contributed by atoms with Crippen molar-refractivity contribution in [1.82, 2.24) is 0 Å². The van der Waals surface area contributed by atoms with Crippen molar-refractivity contribution in [2.24, 2.45) is 0 Å². The maximum atomic E-state index is 11.5. The molecule has 0 saturated heterocycles. The predicted octanol–water partition coefficient (Wildman–Crippen LogP) is 4.66. The van der Waals surface area contributed by atoms with Gasteiger partial charge < -0.3 is 4.74 Å². The molecule has 146 valence electrons. The predicted molar refractivity (Wildman–Crippen MR) is 125 cm³/mol. The number of carbonyl (C=O) groups is 1. The number of ether oxygens (including phenoxy) is 1. The van der Waals surface area contributed by atoms with E-state index < -0.39 is 7.26 Å². The second-order valence-electron chi connectivity index (χ2n) is 6.54. The van der Waals surface area contributed by atoms with Crippen LogP contribution in [0.4, 0.5) is 0 Å². The Kier molecular flexibility index (Phi) is 7.55. The average Bonchev–Trinajstić information content (AvgIpc) is 2.78. The molecule has 0 fully saturated rings.